The fraction of sp³-hybridized carbons (Fsp3) is 0.185. The van der Waals surface area contributed by atoms with Crippen molar-refractivity contribution < 1.29 is 31.1 Å². The molecule has 0 heterocycles. The molecule has 0 N–H and O–H groups in total. The molecule has 0 aliphatic heterocycles. The maximum atomic E-state index is 15.1. The number of halogens is 6. The van der Waals surface area contributed by atoms with Gasteiger partial charge in [0, 0.05) is 12.5 Å². The van der Waals surface area contributed by atoms with Crippen molar-refractivity contribution in [1.82, 2.24) is 0 Å². The van der Waals surface area contributed by atoms with Crippen LogP contribution in [0.1, 0.15) is 22.3 Å². The van der Waals surface area contributed by atoms with Crippen LogP contribution in [0, 0.1) is 17.5 Å². The number of benzene rings is 4. The smallest absolute Gasteiger partial charge is 0.380 e. The van der Waals surface area contributed by atoms with E-state index < -0.39 is 29.2 Å². The van der Waals surface area contributed by atoms with Gasteiger partial charge in [-0.3, -0.25) is 0 Å². The molecule has 0 aromatic heterocycles. The molecule has 0 amide bonds. The van der Waals surface area contributed by atoms with Crippen LogP contribution < -0.4 is 0 Å². The lowest BCUT2D eigenvalue weighted by Crippen LogP contribution is -2.12. The van der Waals surface area contributed by atoms with Gasteiger partial charge in [0.2, 0.25) is 0 Å². The molecule has 0 bridgehead atoms. The number of aryl methyl sites for hydroxylation is 2. The molecule has 0 fully saturated rings. The molecule has 4 aromatic carbocycles. The highest BCUT2D eigenvalue weighted by Crippen LogP contribution is 2.34. The molecule has 34 heavy (non-hydrogen) atoms. The molecular weight excluding hydrogens is 454 g/mol. The second kappa shape index (κ2) is 9.50. The molecule has 4 rings (SSSR count). The van der Waals surface area contributed by atoms with Crippen LogP contribution in [0.4, 0.5) is 26.3 Å². The van der Waals surface area contributed by atoms with E-state index in [9.17, 15) is 22.0 Å². The fourth-order valence-electron chi connectivity index (χ4n) is 3.99. The van der Waals surface area contributed by atoms with Gasteiger partial charge in [0.25, 0.3) is 0 Å². The first-order valence-electron chi connectivity index (χ1n) is 10.5. The van der Waals surface area contributed by atoms with E-state index in [-0.39, 0.29) is 18.4 Å². The third-order valence-corrected chi connectivity index (χ3v) is 5.70. The quantitative estimate of drug-likeness (QED) is 0.258. The minimum atomic E-state index is -5.12. The van der Waals surface area contributed by atoms with E-state index in [0.717, 1.165) is 16.7 Å². The van der Waals surface area contributed by atoms with Gasteiger partial charge in [-0.05, 0) is 64.2 Å². The summed E-state index contributed by atoms with van der Waals surface area (Å²) >= 11 is 0. The van der Waals surface area contributed by atoms with Crippen LogP contribution in [0.25, 0.3) is 21.9 Å². The molecule has 176 valence electrons. The molecule has 7 heteroatoms. The van der Waals surface area contributed by atoms with Crippen molar-refractivity contribution in [3.05, 3.63) is 106 Å². The number of fused-ring (bicyclic) bond motifs is 1. The summed E-state index contributed by atoms with van der Waals surface area (Å²) in [5.41, 5.74) is 1.34. The van der Waals surface area contributed by atoms with Gasteiger partial charge in [0.05, 0.1) is 6.61 Å². The summed E-state index contributed by atoms with van der Waals surface area (Å²) in [5.74, 6) is -3.82. The Morgan fingerprint density at radius 1 is 0.706 bits per heavy atom. The van der Waals surface area contributed by atoms with Gasteiger partial charge >= 0.3 is 6.18 Å². The van der Waals surface area contributed by atoms with Crippen molar-refractivity contribution in [3.8, 4) is 11.1 Å². The maximum Gasteiger partial charge on any atom is 0.422 e. The minimum absolute atomic E-state index is 0.0136. The monoisotopic (exact) mass is 474 g/mol. The average Bonchev–Trinajstić information content (AvgIpc) is 2.78. The van der Waals surface area contributed by atoms with Gasteiger partial charge < -0.3 is 4.74 Å². The largest absolute Gasteiger partial charge is 0.422 e. The summed E-state index contributed by atoms with van der Waals surface area (Å²) in [6.45, 7) is 0.512. The molecule has 0 aliphatic carbocycles. The average molecular weight is 474 g/mol. The van der Waals surface area contributed by atoms with Crippen molar-refractivity contribution in [2.24, 2.45) is 0 Å². The first-order valence-corrected chi connectivity index (χ1v) is 10.5. The van der Waals surface area contributed by atoms with E-state index in [4.69, 9.17) is 4.74 Å². The molecule has 0 aliphatic rings. The first kappa shape index (κ1) is 23.8. The molecule has 0 spiro atoms. The minimum Gasteiger partial charge on any atom is -0.380 e. The summed E-state index contributed by atoms with van der Waals surface area (Å²) in [6, 6.07) is 17.8. The number of alkyl halides is 3. The van der Waals surface area contributed by atoms with Crippen LogP contribution in [0.5, 0.6) is 0 Å². The van der Waals surface area contributed by atoms with Crippen molar-refractivity contribution >= 4 is 10.8 Å². The number of methoxy groups -OCH3 is 1. The van der Waals surface area contributed by atoms with E-state index in [0.29, 0.717) is 35.1 Å². The zero-order valence-electron chi connectivity index (χ0n) is 18.1. The van der Waals surface area contributed by atoms with Crippen LogP contribution >= 0.6 is 0 Å². The molecule has 1 nitrogen and oxygen atoms in total. The Hall–Kier alpha value is -3.32. The van der Waals surface area contributed by atoms with Crippen LogP contribution in [0.2, 0.25) is 0 Å². The van der Waals surface area contributed by atoms with Gasteiger partial charge in [-0.1, -0.05) is 48.5 Å². The van der Waals surface area contributed by atoms with Crippen molar-refractivity contribution in [3.63, 3.8) is 0 Å². The Labute approximate surface area is 192 Å². The van der Waals surface area contributed by atoms with Gasteiger partial charge in [0.1, 0.15) is 23.0 Å². The lowest BCUT2D eigenvalue weighted by molar-refractivity contribution is -0.142. The number of rotatable bonds is 6. The summed E-state index contributed by atoms with van der Waals surface area (Å²) in [6.07, 6.45) is -5.06. The number of hydrogen-bond acceptors (Lipinski definition) is 1. The van der Waals surface area contributed by atoms with E-state index in [1.54, 1.807) is 31.4 Å². The third-order valence-electron chi connectivity index (χ3n) is 5.70. The lowest BCUT2D eigenvalue weighted by atomic mass is 9.96. The summed E-state index contributed by atoms with van der Waals surface area (Å²) in [5, 5.41) is 1.08. The molecule has 0 saturated heterocycles. The molecule has 4 aromatic rings. The van der Waals surface area contributed by atoms with Crippen molar-refractivity contribution in [1.29, 1.82) is 0 Å². The number of hydrogen-bond donors (Lipinski definition) is 0. The highest BCUT2D eigenvalue weighted by molar-refractivity contribution is 5.88. The van der Waals surface area contributed by atoms with Gasteiger partial charge in [-0.25, -0.2) is 13.2 Å². The Kier molecular flexibility index (Phi) is 6.66. The fourth-order valence-corrected chi connectivity index (χ4v) is 3.99. The van der Waals surface area contributed by atoms with Gasteiger partial charge in [-0.15, -0.1) is 0 Å². The zero-order valence-corrected chi connectivity index (χ0v) is 18.1. The Morgan fingerprint density at radius 3 is 1.97 bits per heavy atom. The second-order valence-electron chi connectivity index (χ2n) is 8.04. The molecule has 0 saturated carbocycles. The molecule has 0 atom stereocenters. The first-order chi connectivity index (χ1) is 16.2. The second-order valence-corrected chi connectivity index (χ2v) is 8.04. The summed E-state index contributed by atoms with van der Waals surface area (Å²) < 4.78 is 86.1. The highest BCUT2D eigenvalue weighted by Gasteiger charge is 2.37. The summed E-state index contributed by atoms with van der Waals surface area (Å²) in [4.78, 5) is 0. The Bertz CT molecular complexity index is 1300. The molecule has 0 unspecified atom stereocenters. The maximum absolute atomic E-state index is 15.1. The SMILES string of the molecule is COCc1ccc(-c2ccc3c(F)c(CCc4cc(F)c(C(F)(F)F)c(F)c4)ccc3c2)cc1. The predicted octanol–water partition coefficient (Wildman–Crippen LogP) is 7.87. The standard InChI is InChI=1S/C27H20F6O/c1-34-15-16-2-5-18(6-3-16)20-10-11-22-21(14-20)9-8-19(26(22)30)7-4-17-12-23(28)25(24(29)13-17)27(31,32)33/h2-3,5-6,8-14H,4,7,15H2,1H3. The van der Waals surface area contributed by atoms with Gasteiger partial charge in [-0.2, -0.15) is 13.2 Å². The van der Waals surface area contributed by atoms with Crippen molar-refractivity contribution in [2.75, 3.05) is 7.11 Å². The van der Waals surface area contributed by atoms with E-state index in [1.165, 1.54) is 0 Å². The van der Waals surface area contributed by atoms with Crippen molar-refractivity contribution in [2.45, 2.75) is 25.6 Å². The Morgan fingerprint density at radius 2 is 1.35 bits per heavy atom. The van der Waals surface area contributed by atoms with Crippen LogP contribution in [0.3, 0.4) is 0 Å². The molecular formula is C27H20F6O. The van der Waals surface area contributed by atoms with Crippen LogP contribution in [-0.2, 0) is 30.4 Å². The van der Waals surface area contributed by atoms with E-state index in [2.05, 4.69) is 0 Å². The zero-order chi connectivity index (χ0) is 24.5. The topological polar surface area (TPSA) is 9.23 Å². The lowest BCUT2D eigenvalue weighted by Gasteiger charge is -2.12. The van der Waals surface area contributed by atoms with Crippen LogP contribution in [0.15, 0.2) is 66.7 Å². The van der Waals surface area contributed by atoms with E-state index in [1.807, 2.05) is 30.3 Å². The van der Waals surface area contributed by atoms with Crippen LogP contribution in [-0.4, -0.2) is 7.11 Å². The number of ether oxygens (including phenoxy) is 1. The molecule has 0 radical (unpaired) electrons. The Balaban J connectivity index is 1.55. The summed E-state index contributed by atoms with van der Waals surface area (Å²) in [7, 11) is 1.63. The highest BCUT2D eigenvalue weighted by atomic mass is 19.4. The third kappa shape index (κ3) is 4.94. The van der Waals surface area contributed by atoms with Gasteiger partial charge in [0.15, 0.2) is 0 Å². The predicted molar refractivity (Wildman–Crippen MR) is 119 cm³/mol. The van der Waals surface area contributed by atoms with E-state index >= 15 is 4.39 Å². The normalized spacial score (nSPS) is 11.9.